The number of allylic oxidation sites excluding steroid dienone is 1. The van der Waals surface area contributed by atoms with Crippen molar-refractivity contribution in [3.05, 3.63) is 36.1 Å². The third-order valence-corrected chi connectivity index (χ3v) is 3.31. The van der Waals surface area contributed by atoms with Gasteiger partial charge in [-0.3, -0.25) is 19.7 Å². The van der Waals surface area contributed by atoms with E-state index in [1.165, 1.54) is 12.0 Å². The van der Waals surface area contributed by atoms with Crippen molar-refractivity contribution >= 4 is 17.7 Å². The van der Waals surface area contributed by atoms with Crippen LogP contribution in [0.4, 0.5) is 0 Å². The van der Waals surface area contributed by atoms with Crippen molar-refractivity contribution in [1.82, 2.24) is 10.2 Å². The van der Waals surface area contributed by atoms with Crippen molar-refractivity contribution in [2.45, 2.75) is 18.9 Å². The monoisotopic (exact) mass is 276 g/mol. The van der Waals surface area contributed by atoms with E-state index in [4.69, 9.17) is 4.74 Å². The van der Waals surface area contributed by atoms with Gasteiger partial charge < -0.3 is 9.64 Å². The van der Waals surface area contributed by atoms with Crippen LogP contribution < -0.4 is 5.32 Å². The van der Waals surface area contributed by atoms with E-state index in [1.54, 1.807) is 18.2 Å². The van der Waals surface area contributed by atoms with Crippen LogP contribution in [0.25, 0.3) is 0 Å². The minimum atomic E-state index is -0.576. The molecule has 0 bridgehead atoms. The Hall–Kier alpha value is -2.37. The van der Waals surface area contributed by atoms with E-state index >= 15 is 0 Å². The van der Waals surface area contributed by atoms with Gasteiger partial charge in [0.25, 0.3) is 5.91 Å². The second-order valence-electron chi connectivity index (χ2n) is 4.59. The lowest BCUT2D eigenvalue weighted by Gasteiger charge is -2.29. The molecule has 106 valence electrons. The summed E-state index contributed by atoms with van der Waals surface area (Å²) in [6.45, 7) is 3.99. The molecule has 20 heavy (non-hydrogen) atoms. The Morgan fingerprint density at radius 3 is 2.90 bits per heavy atom. The number of carbonyl (C=O) groups excluding carboxylic acids is 3. The van der Waals surface area contributed by atoms with Crippen molar-refractivity contribution in [1.29, 1.82) is 0 Å². The van der Waals surface area contributed by atoms with Gasteiger partial charge in [-0.05, 0) is 18.6 Å². The van der Waals surface area contributed by atoms with Crippen LogP contribution in [-0.2, 0) is 19.1 Å². The number of ether oxygens (including phenoxy) is 1. The Morgan fingerprint density at radius 2 is 2.25 bits per heavy atom. The second kappa shape index (κ2) is 5.73. The summed E-state index contributed by atoms with van der Waals surface area (Å²) in [6.07, 6.45) is 5.57. The lowest BCUT2D eigenvalue weighted by molar-refractivity contribution is -0.142. The number of methoxy groups -OCH3 is 1. The van der Waals surface area contributed by atoms with E-state index < -0.39 is 11.9 Å². The Labute approximate surface area is 116 Å². The second-order valence-corrected chi connectivity index (χ2v) is 4.59. The average Bonchev–Trinajstić information content (AvgIpc) is 2.77. The van der Waals surface area contributed by atoms with Gasteiger partial charge in [0.05, 0.1) is 7.11 Å². The van der Waals surface area contributed by atoms with Gasteiger partial charge >= 0.3 is 0 Å². The fourth-order valence-electron chi connectivity index (χ4n) is 2.17. The first-order valence-electron chi connectivity index (χ1n) is 6.28. The number of imide groups is 1. The Morgan fingerprint density at radius 1 is 1.50 bits per heavy atom. The minimum Gasteiger partial charge on any atom is -0.497 e. The maximum atomic E-state index is 12.2. The summed E-state index contributed by atoms with van der Waals surface area (Å²) in [5, 5.41) is 2.25. The molecule has 1 unspecified atom stereocenters. The quantitative estimate of drug-likeness (QED) is 0.454. The topological polar surface area (TPSA) is 75.7 Å². The molecule has 2 rings (SSSR count). The van der Waals surface area contributed by atoms with Crippen molar-refractivity contribution in [2.75, 3.05) is 13.7 Å². The highest BCUT2D eigenvalue weighted by atomic mass is 16.5. The number of nitrogens with one attached hydrogen (secondary N) is 1. The maximum absolute atomic E-state index is 12.2. The van der Waals surface area contributed by atoms with Crippen molar-refractivity contribution in [3.63, 3.8) is 0 Å². The number of hydrogen-bond acceptors (Lipinski definition) is 4. The highest BCUT2D eigenvalue weighted by Gasteiger charge is 2.36. The molecule has 0 aliphatic carbocycles. The zero-order chi connectivity index (χ0) is 14.7. The third kappa shape index (κ3) is 2.79. The van der Waals surface area contributed by atoms with Crippen LogP contribution in [0.3, 0.4) is 0 Å². The molecule has 2 aliphatic heterocycles. The highest BCUT2D eigenvalue weighted by Crippen LogP contribution is 2.20. The summed E-state index contributed by atoms with van der Waals surface area (Å²) >= 11 is 0. The average molecular weight is 276 g/mol. The number of nitrogens with zero attached hydrogens (tertiary/aromatic N) is 1. The van der Waals surface area contributed by atoms with Gasteiger partial charge in [-0.15, -0.1) is 0 Å². The first-order chi connectivity index (χ1) is 9.52. The smallest absolute Gasteiger partial charge is 0.254 e. The molecule has 6 nitrogen and oxygen atoms in total. The zero-order valence-electron chi connectivity index (χ0n) is 11.2. The molecule has 1 atom stereocenters. The van der Waals surface area contributed by atoms with Crippen molar-refractivity contribution in [3.8, 4) is 0 Å². The number of rotatable bonds is 4. The predicted molar refractivity (Wildman–Crippen MR) is 71.3 cm³/mol. The zero-order valence-corrected chi connectivity index (χ0v) is 11.2. The molecule has 1 saturated heterocycles. The van der Waals surface area contributed by atoms with Gasteiger partial charge in [0, 0.05) is 18.5 Å². The summed E-state index contributed by atoms with van der Waals surface area (Å²) < 4.78 is 4.88. The molecular weight excluding hydrogens is 260 g/mol. The Kier molecular flexibility index (Phi) is 4.02. The first-order valence-corrected chi connectivity index (χ1v) is 6.28. The molecule has 0 spiro atoms. The molecular formula is C14H16N2O4. The first kappa shape index (κ1) is 14.0. The Balaban J connectivity index is 2.03. The van der Waals surface area contributed by atoms with E-state index in [9.17, 15) is 14.4 Å². The fourth-order valence-corrected chi connectivity index (χ4v) is 2.17. The van der Waals surface area contributed by atoms with Crippen molar-refractivity contribution < 1.29 is 19.1 Å². The van der Waals surface area contributed by atoms with Crippen LogP contribution in [0, 0.1) is 0 Å². The standard InChI is InChI=1S/C14H16N2O4/c1-9(20-2)3-4-10-7-8-16(14(10)19)11-5-6-12(17)15-13(11)18/h3-4,7,11H,1,5-6,8H2,2H3,(H,15,17,18)/b4-3-. The summed E-state index contributed by atoms with van der Waals surface area (Å²) in [5.41, 5.74) is 0.493. The van der Waals surface area contributed by atoms with Crippen molar-refractivity contribution in [2.24, 2.45) is 0 Å². The third-order valence-electron chi connectivity index (χ3n) is 3.31. The van der Waals surface area contributed by atoms with E-state index in [0.29, 0.717) is 24.3 Å². The Bertz CT molecular complexity index is 533. The molecule has 0 radical (unpaired) electrons. The lowest BCUT2D eigenvalue weighted by Crippen LogP contribution is -2.53. The van der Waals surface area contributed by atoms with E-state index in [2.05, 4.69) is 11.9 Å². The molecule has 2 aliphatic rings. The van der Waals surface area contributed by atoms with E-state index in [1.807, 2.05) is 0 Å². The van der Waals surface area contributed by atoms with Crippen LogP contribution in [0.1, 0.15) is 12.8 Å². The van der Waals surface area contributed by atoms with Gasteiger partial charge in [0.1, 0.15) is 11.8 Å². The number of carbonyl (C=O) groups is 3. The number of amides is 3. The molecule has 0 aromatic heterocycles. The summed E-state index contributed by atoms with van der Waals surface area (Å²) in [4.78, 5) is 36.5. The molecule has 6 heteroatoms. The van der Waals surface area contributed by atoms with Crippen LogP contribution in [-0.4, -0.2) is 42.3 Å². The largest absolute Gasteiger partial charge is 0.497 e. The lowest BCUT2D eigenvalue weighted by atomic mass is 10.0. The molecule has 3 amide bonds. The van der Waals surface area contributed by atoms with E-state index in [0.717, 1.165) is 0 Å². The molecule has 0 saturated carbocycles. The molecule has 0 aromatic carbocycles. The fraction of sp³-hybridized carbons (Fsp3) is 0.357. The van der Waals surface area contributed by atoms with Crippen LogP contribution in [0.15, 0.2) is 36.1 Å². The van der Waals surface area contributed by atoms with Gasteiger partial charge in [-0.1, -0.05) is 12.7 Å². The molecule has 2 heterocycles. The SMILES string of the molecule is C=C(/C=C\C1=CCN(C2CCC(=O)NC2=O)C1=O)OC. The highest BCUT2D eigenvalue weighted by molar-refractivity contribution is 6.05. The van der Waals surface area contributed by atoms with Gasteiger partial charge in [-0.25, -0.2) is 0 Å². The summed E-state index contributed by atoms with van der Waals surface area (Å²) in [7, 11) is 1.49. The van der Waals surface area contributed by atoms with E-state index in [-0.39, 0.29) is 18.2 Å². The summed E-state index contributed by atoms with van der Waals surface area (Å²) in [6, 6.07) is -0.576. The van der Waals surface area contributed by atoms with Crippen LogP contribution in [0.5, 0.6) is 0 Å². The number of piperidine rings is 1. The van der Waals surface area contributed by atoms with Gasteiger partial charge in [-0.2, -0.15) is 0 Å². The normalized spacial score (nSPS) is 23.1. The maximum Gasteiger partial charge on any atom is 0.254 e. The number of hydrogen-bond donors (Lipinski definition) is 1. The molecule has 1 N–H and O–H groups in total. The van der Waals surface area contributed by atoms with Gasteiger partial charge in [0.15, 0.2) is 0 Å². The summed E-state index contributed by atoms with van der Waals surface area (Å²) in [5.74, 6) is -0.477. The predicted octanol–water partition coefficient (Wildman–Crippen LogP) is 0.276. The molecule has 0 aromatic rings. The van der Waals surface area contributed by atoms with Crippen LogP contribution >= 0.6 is 0 Å². The molecule has 1 fully saturated rings. The van der Waals surface area contributed by atoms with Crippen LogP contribution in [0.2, 0.25) is 0 Å². The van der Waals surface area contributed by atoms with Gasteiger partial charge in [0.2, 0.25) is 11.8 Å². The minimum absolute atomic E-state index is 0.223.